The van der Waals surface area contributed by atoms with E-state index in [4.69, 9.17) is 9.05 Å². The predicted octanol–water partition coefficient (Wildman–Crippen LogP) is 4.89. The molecule has 0 aliphatic carbocycles. The summed E-state index contributed by atoms with van der Waals surface area (Å²) in [7, 11) is 1.81. The van der Waals surface area contributed by atoms with Gasteiger partial charge in [0.15, 0.2) is 0 Å². The normalized spacial score (nSPS) is 15.9. The molecule has 6 heteroatoms. The van der Waals surface area contributed by atoms with Crippen LogP contribution in [0.1, 0.15) is 84.5 Å². The first-order valence-electron chi connectivity index (χ1n) is 10.1. The highest BCUT2D eigenvalue weighted by atomic mass is 31.2. The Bertz CT molecular complexity index is 358. The van der Waals surface area contributed by atoms with Crippen LogP contribution in [-0.2, 0) is 13.6 Å². The molecule has 0 N–H and O–H groups in total. The third-order valence-corrected chi connectivity index (χ3v) is 5.43. The van der Waals surface area contributed by atoms with Gasteiger partial charge in [-0.2, -0.15) is 0 Å². The number of nitrogens with zero attached hydrogens (tertiary/aromatic N) is 1. The van der Waals surface area contributed by atoms with Gasteiger partial charge in [-0.15, -0.1) is 0 Å². The Labute approximate surface area is 156 Å². The zero-order valence-electron chi connectivity index (χ0n) is 17.3. The Kier molecular flexibility index (Phi) is 14.2. The third kappa shape index (κ3) is 17.3. The zero-order valence-corrected chi connectivity index (χ0v) is 18.2. The molecule has 152 valence electrons. The average molecular weight is 380 g/mol. The summed E-state index contributed by atoms with van der Waals surface area (Å²) in [6.45, 7) is 5.00. The molecule has 0 fully saturated rings. The lowest BCUT2D eigenvalue weighted by Crippen LogP contribution is -2.37. The van der Waals surface area contributed by atoms with Gasteiger partial charge in [-0.1, -0.05) is 71.6 Å². The van der Waals surface area contributed by atoms with E-state index in [9.17, 15) is 9.46 Å². The van der Waals surface area contributed by atoms with Gasteiger partial charge < -0.3 is 18.4 Å². The van der Waals surface area contributed by atoms with Crippen molar-refractivity contribution in [1.82, 2.24) is 0 Å². The molecule has 0 spiro atoms. The van der Waals surface area contributed by atoms with Gasteiger partial charge in [0, 0.05) is 0 Å². The van der Waals surface area contributed by atoms with Crippen LogP contribution < -0.4 is 4.89 Å². The minimum Gasteiger partial charge on any atom is -0.756 e. The SMILES string of the molecule is CCCCCCCCCCCC(CC)OP(=O)([O-])OCC[N+](C)(C)C. The van der Waals surface area contributed by atoms with Gasteiger partial charge in [-0.25, -0.2) is 0 Å². The molecule has 0 aromatic rings. The number of rotatable bonds is 17. The van der Waals surface area contributed by atoms with E-state index in [0.29, 0.717) is 17.4 Å². The Balaban J connectivity index is 3.80. The molecular formula is C19H42NO4P. The highest BCUT2D eigenvalue weighted by Gasteiger charge is 2.18. The second-order valence-corrected chi connectivity index (χ2v) is 9.41. The van der Waals surface area contributed by atoms with Gasteiger partial charge in [0.05, 0.1) is 27.2 Å². The summed E-state index contributed by atoms with van der Waals surface area (Å²) in [5, 5.41) is 0. The van der Waals surface area contributed by atoms with Crippen LogP contribution in [0.5, 0.6) is 0 Å². The van der Waals surface area contributed by atoms with Crippen LogP contribution in [0.2, 0.25) is 0 Å². The van der Waals surface area contributed by atoms with E-state index >= 15 is 0 Å². The topological polar surface area (TPSA) is 58.6 Å². The van der Waals surface area contributed by atoms with Crippen molar-refractivity contribution >= 4 is 7.82 Å². The zero-order chi connectivity index (χ0) is 19.2. The molecule has 0 aromatic heterocycles. The van der Waals surface area contributed by atoms with E-state index in [0.717, 1.165) is 19.3 Å². The van der Waals surface area contributed by atoms with Gasteiger partial charge in [0.25, 0.3) is 7.82 Å². The van der Waals surface area contributed by atoms with Crippen LogP contribution in [0.25, 0.3) is 0 Å². The lowest BCUT2D eigenvalue weighted by Gasteiger charge is -2.29. The number of phosphoric ester groups is 1. The molecule has 2 atom stereocenters. The molecular weight excluding hydrogens is 337 g/mol. The van der Waals surface area contributed by atoms with Crippen molar-refractivity contribution in [3.8, 4) is 0 Å². The molecule has 25 heavy (non-hydrogen) atoms. The maximum absolute atomic E-state index is 11.9. The third-order valence-electron chi connectivity index (χ3n) is 4.37. The van der Waals surface area contributed by atoms with Crippen molar-refractivity contribution in [3.63, 3.8) is 0 Å². The molecule has 0 amide bonds. The monoisotopic (exact) mass is 379 g/mol. The number of unbranched alkanes of at least 4 members (excludes halogenated alkanes) is 8. The number of likely N-dealkylation sites (N-methyl/N-ethyl adjacent to an activating group) is 1. The fourth-order valence-corrected chi connectivity index (χ4v) is 3.64. The highest BCUT2D eigenvalue weighted by molar-refractivity contribution is 7.45. The molecule has 5 nitrogen and oxygen atoms in total. The highest BCUT2D eigenvalue weighted by Crippen LogP contribution is 2.41. The van der Waals surface area contributed by atoms with Crippen LogP contribution in [0, 0.1) is 0 Å². The molecule has 0 saturated heterocycles. The first kappa shape index (κ1) is 25.1. The van der Waals surface area contributed by atoms with E-state index in [-0.39, 0.29) is 12.7 Å². The summed E-state index contributed by atoms with van der Waals surface area (Å²) in [6, 6.07) is 0. The fourth-order valence-electron chi connectivity index (χ4n) is 2.65. The Morgan fingerprint density at radius 2 is 1.44 bits per heavy atom. The lowest BCUT2D eigenvalue weighted by molar-refractivity contribution is -0.870. The second-order valence-electron chi connectivity index (χ2n) is 8.05. The van der Waals surface area contributed by atoms with E-state index in [1.54, 1.807) is 0 Å². The van der Waals surface area contributed by atoms with Crippen molar-refractivity contribution in [3.05, 3.63) is 0 Å². The Hall–Kier alpha value is 0.0700. The van der Waals surface area contributed by atoms with Crippen molar-refractivity contribution in [2.75, 3.05) is 34.3 Å². The number of phosphoric acid groups is 1. The van der Waals surface area contributed by atoms with Crippen molar-refractivity contribution in [2.45, 2.75) is 90.6 Å². The number of hydrogen-bond acceptors (Lipinski definition) is 4. The lowest BCUT2D eigenvalue weighted by atomic mass is 10.0. The van der Waals surface area contributed by atoms with Crippen molar-refractivity contribution in [2.24, 2.45) is 0 Å². The van der Waals surface area contributed by atoms with Gasteiger partial charge in [-0.05, 0) is 12.8 Å². The summed E-state index contributed by atoms with van der Waals surface area (Å²) in [4.78, 5) is 11.9. The van der Waals surface area contributed by atoms with Crippen LogP contribution in [0.15, 0.2) is 0 Å². The largest absolute Gasteiger partial charge is 0.756 e. The van der Waals surface area contributed by atoms with E-state index in [2.05, 4.69) is 6.92 Å². The fraction of sp³-hybridized carbons (Fsp3) is 1.00. The van der Waals surface area contributed by atoms with Gasteiger partial charge in [0.1, 0.15) is 13.2 Å². The molecule has 0 aliphatic rings. The Morgan fingerprint density at radius 1 is 0.920 bits per heavy atom. The van der Waals surface area contributed by atoms with Gasteiger partial charge >= 0.3 is 0 Å². The maximum atomic E-state index is 11.9. The molecule has 0 saturated carbocycles. The molecule has 0 aromatic carbocycles. The Morgan fingerprint density at radius 3 is 1.92 bits per heavy atom. The minimum atomic E-state index is -4.19. The van der Waals surface area contributed by atoms with Crippen molar-refractivity contribution in [1.29, 1.82) is 0 Å². The first-order chi connectivity index (χ1) is 11.7. The van der Waals surface area contributed by atoms with Crippen LogP contribution in [0.4, 0.5) is 0 Å². The van der Waals surface area contributed by atoms with E-state index in [1.807, 2.05) is 28.1 Å². The predicted molar refractivity (Wildman–Crippen MR) is 103 cm³/mol. The van der Waals surface area contributed by atoms with E-state index in [1.165, 1.54) is 44.9 Å². The maximum Gasteiger partial charge on any atom is 0.268 e. The summed E-state index contributed by atoms with van der Waals surface area (Å²) in [6.07, 6.45) is 12.6. The molecule has 0 radical (unpaired) electrons. The second kappa shape index (κ2) is 14.2. The average Bonchev–Trinajstić information content (AvgIpc) is 2.50. The molecule has 0 aliphatic heterocycles. The van der Waals surface area contributed by atoms with Gasteiger partial charge in [0.2, 0.25) is 0 Å². The number of hydrogen-bond donors (Lipinski definition) is 0. The summed E-state index contributed by atoms with van der Waals surface area (Å²) < 4.78 is 22.8. The number of quaternary nitrogens is 1. The summed E-state index contributed by atoms with van der Waals surface area (Å²) >= 11 is 0. The smallest absolute Gasteiger partial charge is 0.268 e. The molecule has 2 unspecified atom stereocenters. The van der Waals surface area contributed by atoms with Gasteiger partial charge in [-0.3, -0.25) is 4.57 Å². The van der Waals surface area contributed by atoms with Crippen molar-refractivity contribution < 1.29 is 23.0 Å². The standard InChI is InChI=1S/C19H42NO4P/c1-6-8-9-10-11-12-13-14-15-16-19(7-2)24-25(21,22)23-18-17-20(3,4)5/h19H,6-18H2,1-5H3. The summed E-state index contributed by atoms with van der Waals surface area (Å²) in [5.74, 6) is 0. The quantitative estimate of drug-likeness (QED) is 0.205. The molecule has 0 heterocycles. The van der Waals surface area contributed by atoms with Crippen LogP contribution in [-0.4, -0.2) is 44.9 Å². The molecule has 0 rings (SSSR count). The molecule has 0 bridgehead atoms. The first-order valence-corrected chi connectivity index (χ1v) is 11.6. The summed E-state index contributed by atoms with van der Waals surface area (Å²) in [5.41, 5.74) is 0. The van der Waals surface area contributed by atoms with Crippen LogP contribution >= 0.6 is 7.82 Å². The minimum absolute atomic E-state index is 0.165. The van der Waals surface area contributed by atoms with E-state index < -0.39 is 7.82 Å². The van der Waals surface area contributed by atoms with Crippen LogP contribution in [0.3, 0.4) is 0 Å².